The van der Waals surface area contributed by atoms with Gasteiger partial charge in [-0.1, -0.05) is 35.5 Å². The summed E-state index contributed by atoms with van der Waals surface area (Å²) in [5.41, 5.74) is 1.79. The Labute approximate surface area is 156 Å². The molecular weight excluding hydrogens is 380 g/mol. The van der Waals surface area contributed by atoms with Crippen LogP contribution in [0.1, 0.15) is 0 Å². The van der Waals surface area contributed by atoms with Gasteiger partial charge >= 0.3 is 5.97 Å². The van der Waals surface area contributed by atoms with Crippen LogP contribution in [0.3, 0.4) is 0 Å². The van der Waals surface area contributed by atoms with Crippen LogP contribution in [0.25, 0.3) is 22.6 Å². The summed E-state index contributed by atoms with van der Waals surface area (Å²) >= 11 is 6.87. The first-order chi connectivity index (χ1) is 12.4. The maximum atomic E-state index is 10.8. The third kappa shape index (κ3) is 4.04. The fourth-order valence-electron chi connectivity index (χ4n) is 2.22. The van der Waals surface area contributed by atoms with Crippen molar-refractivity contribution in [2.24, 2.45) is 0 Å². The van der Waals surface area contributed by atoms with Gasteiger partial charge in [-0.3, -0.25) is 14.9 Å². The van der Waals surface area contributed by atoms with E-state index in [1.165, 1.54) is 12.1 Å². The topological polar surface area (TPSA) is 106 Å². The van der Waals surface area contributed by atoms with Gasteiger partial charge in [0.1, 0.15) is 11.4 Å². The lowest BCUT2D eigenvalue weighted by molar-refractivity contribution is -0.384. The lowest BCUT2D eigenvalue weighted by atomic mass is 10.1. The Morgan fingerprint density at radius 3 is 2.35 bits per heavy atom. The number of non-ortho nitro benzene ring substituents is 1. The summed E-state index contributed by atoms with van der Waals surface area (Å²) in [5.74, 6) is -0.784. The van der Waals surface area contributed by atoms with E-state index in [4.69, 9.17) is 21.1 Å². The summed E-state index contributed by atoms with van der Waals surface area (Å²) in [5, 5.41) is 20.4. The fraction of sp³-hybridized carbons (Fsp3) is 0.0588. The van der Waals surface area contributed by atoms with Gasteiger partial charge < -0.3 is 9.52 Å². The monoisotopic (exact) mass is 390 g/mol. The van der Waals surface area contributed by atoms with Crippen LogP contribution in [0.4, 0.5) is 5.69 Å². The lowest BCUT2D eigenvalue weighted by Gasteiger charge is -2.02. The fourth-order valence-corrected chi connectivity index (χ4v) is 2.89. The number of hydrogen-bond acceptors (Lipinski definition) is 6. The minimum absolute atomic E-state index is 0.0400. The molecule has 1 aromatic heterocycles. The zero-order chi connectivity index (χ0) is 18.7. The summed E-state index contributed by atoms with van der Waals surface area (Å²) in [6.45, 7) is 0. The van der Waals surface area contributed by atoms with E-state index in [1.807, 2.05) is 0 Å². The second kappa shape index (κ2) is 7.59. The van der Waals surface area contributed by atoms with Crippen LogP contribution in [-0.2, 0) is 4.79 Å². The van der Waals surface area contributed by atoms with Crippen LogP contribution in [0.2, 0.25) is 5.02 Å². The molecule has 26 heavy (non-hydrogen) atoms. The molecule has 3 aromatic rings. The number of carbonyl (C=O) groups is 1. The van der Waals surface area contributed by atoms with Gasteiger partial charge in [0.15, 0.2) is 5.76 Å². The van der Waals surface area contributed by atoms with Gasteiger partial charge in [-0.05, 0) is 24.3 Å². The van der Waals surface area contributed by atoms with E-state index in [2.05, 4.69) is 4.98 Å². The number of hydrogen-bond donors (Lipinski definition) is 1. The van der Waals surface area contributed by atoms with Crippen LogP contribution < -0.4 is 0 Å². The van der Waals surface area contributed by atoms with E-state index < -0.39 is 10.9 Å². The number of oxazole rings is 1. The molecule has 0 unspecified atom stereocenters. The molecule has 0 atom stereocenters. The number of carboxylic acid groups (broad SMARTS) is 1. The number of rotatable bonds is 6. The van der Waals surface area contributed by atoms with Gasteiger partial charge in [0.25, 0.3) is 10.9 Å². The van der Waals surface area contributed by atoms with Crippen molar-refractivity contribution < 1.29 is 19.2 Å². The summed E-state index contributed by atoms with van der Waals surface area (Å²) in [6, 6.07) is 12.8. The van der Waals surface area contributed by atoms with Crippen molar-refractivity contribution >= 4 is 35.0 Å². The van der Waals surface area contributed by atoms with Crippen LogP contribution in [0.5, 0.6) is 0 Å². The zero-order valence-corrected chi connectivity index (χ0v) is 14.7. The summed E-state index contributed by atoms with van der Waals surface area (Å²) in [7, 11) is 0. The van der Waals surface area contributed by atoms with Crippen molar-refractivity contribution in [1.82, 2.24) is 4.98 Å². The molecule has 0 saturated carbocycles. The van der Waals surface area contributed by atoms with Crippen molar-refractivity contribution in [1.29, 1.82) is 0 Å². The van der Waals surface area contributed by atoms with Gasteiger partial charge in [-0.15, -0.1) is 0 Å². The lowest BCUT2D eigenvalue weighted by Crippen LogP contribution is -1.97. The number of aromatic nitrogens is 1. The molecule has 9 heteroatoms. The van der Waals surface area contributed by atoms with Gasteiger partial charge in [-0.25, -0.2) is 4.98 Å². The molecule has 0 fully saturated rings. The normalized spacial score (nSPS) is 10.7. The number of nitro groups is 1. The summed E-state index contributed by atoms with van der Waals surface area (Å²) in [4.78, 5) is 25.5. The molecule has 1 N–H and O–H groups in total. The minimum Gasteiger partial charge on any atom is -0.481 e. The molecular formula is C17H11ClN2O5S. The highest BCUT2D eigenvalue weighted by atomic mass is 35.5. The third-order valence-corrected chi connectivity index (χ3v) is 4.45. The molecule has 0 aliphatic rings. The highest BCUT2D eigenvalue weighted by Crippen LogP contribution is 2.36. The third-order valence-electron chi connectivity index (χ3n) is 3.38. The molecule has 7 nitrogen and oxygen atoms in total. The molecule has 132 valence electrons. The molecule has 1 heterocycles. The van der Waals surface area contributed by atoms with E-state index in [9.17, 15) is 14.9 Å². The van der Waals surface area contributed by atoms with Crippen molar-refractivity contribution in [3.8, 4) is 22.6 Å². The van der Waals surface area contributed by atoms with Crippen LogP contribution in [-0.4, -0.2) is 26.7 Å². The van der Waals surface area contributed by atoms with Crippen LogP contribution >= 0.6 is 23.4 Å². The second-order valence-electron chi connectivity index (χ2n) is 5.15. The van der Waals surface area contributed by atoms with Crippen LogP contribution in [0, 0.1) is 10.1 Å². The number of halogens is 1. The van der Waals surface area contributed by atoms with Crippen LogP contribution in [0.15, 0.2) is 58.2 Å². The Morgan fingerprint density at radius 2 is 1.77 bits per heavy atom. The molecule has 2 aromatic carbocycles. The second-order valence-corrected chi connectivity index (χ2v) is 6.51. The van der Waals surface area contributed by atoms with E-state index in [0.29, 0.717) is 22.0 Å². The highest BCUT2D eigenvalue weighted by Gasteiger charge is 2.19. The SMILES string of the molecule is O=C(O)CSc1nc(-c2ccc(Cl)cc2)c(-c2ccc([N+](=O)[O-])cc2)o1. The minimum atomic E-state index is -0.988. The standard InChI is InChI=1S/C17H11ClN2O5S/c18-12-5-1-10(2-6-12)15-16(25-17(19-15)26-9-14(21)22)11-3-7-13(8-4-11)20(23)24/h1-8H,9H2,(H,21,22). The predicted molar refractivity (Wildman–Crippen MR) is 97.4 cm³/mol. The Morgan fingerprint density at radius 1 is 1.15 bits per heavy atom. The molecule has 0 aliphatic carbocycles. The number of thioether (sulfide) groups is 1. The zero-order valence-electron chi connectivity index (χ0n) is 13.1. The highest BCUT2D eigenvalue weighted by molar-refractivity contribution is 7.99. The van der Waals surface area contributed by atoms with Gasteiger partial charge in [0, 0.05) is 28.3 Å². The number of aliphatic carboxylic acids is 1. The van der Waals surface area contributed by atoms with Gasteiger partial charge in [0.2, 0.25) is 0 Å². The molecule has 0 spiro atoms. The summed E-state index contributed by atoms with van der Waals surface area (Å²) in [6.07, 6.45) is 0. The number of carboxylic acids is 1. The van der Waals surface area contributed by atoms with E-state index in [1.54, 1.807) is 36.4 Å². The number of nitro benzene ring substituents is 1. The molecule has 0 amide bonds. The van der Waals surface area contributed by atoms with Crippen molar-refractivity contribution in [3.05, 3.63) is 63.7 Å². The maximum absolute atomic E-state index is 10.8. The Bertz CT molecular complexity index is 954. The van der Waals surface area contributed by atoms with Crippen molar-refractivity contribution in [2.75, 3.05) is 5.75 Å². The van der Waals surface area contributed by atoms with E-state index in [-0.39, 0.29) is 16.7 Å². The number of benzene rings is 2. The predicted octanol–water partition coefficient (Wildman–Crippen LogP) is 4.75. The van der Waals surface area contributed by atoms with E-state index >= 15 is 0 Å². The maximum Gasteiger partial charge on any atom is 0.314 e. The molecule has 0 aliphatic heterocycles. The Balaban J connectivity index is 2.04. The van der Waals surface area contributed by atoms with Gasteiger partial charge in [-0.2, -0.15) is 0 Å². The summed E-state index contributed by atoms with van der Waals surface area (Å²) < 4.78 is 5.72. The first kappa shape index (κ1) is 18.0. The Hall–Kier alpha value is -2.84. The average Bonchev–Trinajstić information content (AvgIpc) is 3.05. The van der Waals surface area contributed by atoms with Crippen molar-refractivity contribution in [3.63, 3.8) is 0 Å². The molecule has 3 rings (SSSR count). The smallest absolute Gasteiger partial charge is 0.314 e. The first-order valence-electron chi connectivity index (χ1n) is 7.30. The quantitative estimate of drug-likeness (QED) is 0.367. The molecule has 0 saturated heterocycles. The molecule has 0 bridgehead atoms. The Kier molecular flexibility index (Phi) is 5.24. The first-order valence-corrected chi connectivity index (χ1v) is 8.66. The van der Waals surface area contributed by atoms with Gasteiger partial charge in [0.05, 0.1) is 4.92 Å². The van der Waals surface area contributed by atoms with Crippen molar-refractivity contribution in [2.45, 2.75) is 5.22 Å². The largest absolute Gasteiger partial charge is 0.481 e. The van der Waals surface area contributed by atoms with E-state index in [0.717, 1.165) is 17.3 Å². The molecule has 0 radical (unpaired) electrons. The average molecular weight is 391 g/mol. The number of nitrogens with zero attached hydrogens (tertiary/aromatic N) is 2.